The largest absolute Gasteiger partial charge is 0.337 e. The molecule has 2 heterocycles. The Balaban J connectivity index is 1.83. The summed E-state index contributed by atoms with van der Waals surface area (Å²) in [6.07, 6.45) is 2.29. The first-order valence-corrected chi connectivity index (χ1v) is 8.98. The number of anilines is 1. The predicted molar refractivity (Wildman–Crippen MR) is 95.1 cm³/mol. The lowest BCUT2D eigenvalue weighted by atomic mass is 10.0. The average Bonchev–Trinajstić information content (AvgIpc) is 3.21. The highest BCUT2D eigenvalue weighted by atomic mass is 19.1. The van der Waals surface area contributed by atoms with Crippen molar-refractivity contribution in [2.24, 2.45) is 5.92 Å². The summed E-state index contributed by atoms with van der Waals surface area (Å²) in [6.45, 7) is 4.00. The second-order valence-corrected chi connectivity index (χ2v) is 7.22. The van der Waals surface area contributed by atoms with Gasteiger partial charge in [-0.25, -0.2) is 4.39 Å². The molecule has 2 aliphatic rings. The lowest BCUT2D eigenvalue weighted by molar-refractivity contribution is -0.117. The molecule has 0 N–H and O–H groups in total. The van der Waals surface area contributed by atoms with E-state index >= 15 is 0 Å². The second-order valence-electron chi connectivity index (χ2n) is 7.22. The predicted octanol–water partition coefficient (Wildman–Crippen LogP) is 2.36. The molecule has 1 aromatic carbocycles. The second kappa shape index (κ2) is 7.12. The fraction of sp³-hybridized carbons (Fsp3) is 0.579. The van der Waals surface area contributed by atoms with Crippen molar-refractivity contribution in [2.75, 3.05) is 38.6 Å². The third kappa shape index (κ3) is 3.40. The number of likely N-dealkylation sites (N-methyl/N-ethyl adjacent to an activating group) is 1. The number of likely N-dealkylation sites (tertiary alicyclic amines) is 1. The summed E-state index contributed by atoms with van der Waals surface area (Å²) in [7, 11) is 4.03. The molecule has 2 atom stereocenters. The Morgan fingerprint density at radius 2 is 2.08 bits per heavy atom. The molecule has 136 valence electrons. The molecule has 0 aromatic heterocycles. The Morgan fingerprint density at radius 3 is 2.64 bits per heavy atom. The van der Waals surface area contributed by atoms with Crippen molar-refractivity contribution in [1.82, 2.24) is 9.80 Å². The van der Waals surface area contributed by atoms with Crippen LogP contribution in [0.4, 0.5) is 10.1 Å². The van der Waals surface area contributed by atoms with E-state index < -0.39 is 5.82 Å². The summed E-state index contributed by atoms with van der Waals surface area (Å²) in [4.78, 5) is 30.4. The fourth-order valence-electron chi connectivity index (χ4n) is 3.94. The summed E-state index contributed by atoms with van der Waals surface area (Å²) in [5.41, 5.74) is 0.675. The smallest absolute Gasteiger partial charge is 0.256 e. The maximum atomic E-state index is 14.3. The molecule has 2 aliphatic heterocycles. The Kier molecular flexibility index (Phi) is 5.08. The maximum Gasteiger partial charge on any atom is 0.256 e. The van der Waals surface area contributed by atoms with E-state index in [1.807, 2.05) is 14.1 Å². The minimum atomic E-state index is -0.526. The number of hydrogen-bond donors (Lipinski definition) is 0. The van der Waals surface area contributed by atoms with Crippen LogP contribution in [-0.4, -0.2) is 61.4 Å². The molecule has 0 radical (unpaired) electrons. The van der Waals surface area contributed by atoms with Crippen LogP contribution in [0, 0.1) is 11.7 Å². The van der Waals surface area contributed by atoms with E-state index in [1.54, 1.807) is 15.9 Å². The van der Waals surface area contributed by atoms with Crippen molar-refractivity contribution < 1.29 is 14.0 Å². The first-order valence-electron chi connectivity index (χ1n) is 8.98. The van der Waals surface area contributed by atoms with Crippen LogP contribution in [0.1, 0.15) is 36.5 Å². The monoisotopic (exact) mass is 347 g/mol. The van der Waals surface area contributed by atoms with Gasteiger partial charge in [0.05, 0.1) is 5.56 Å². The van der Waals surface area contributed by atoms with Crippen LogP contribution in [0.15, 0.2) is 18.2 Å². The molecule has 1 aromatic rings. The lowest BCUT2D eigenvalue weighted by Crippen LogP contribution is -2.36. The van der Waals surface area contributed by atoms with Crippen LogP contribution in [0.25, 0.3) is 0 Å². The molecule has 0 aliphatic carbocycles. The molecule has 0 spiro atoms. The topological polar surface area (TPSA) is 43.9 Å². The highest BCUT2D eigenvalue weighted by Crippen LogP contribution is 2.28. The van der Waals surface area contributed by atoms with Crippen molar-refractivity contribution in [3.05, 3.63) is 29.6 Å². The van der Waals surface area contributed by atoms with E-state index in [1.165, 1.54) is 12.1 Å². The molecule has 2 saturated heterocycles. The van der Waals surface area contributed by atoms with Gasteiger partial charge in [0.1, 0.15) is 5.82 Å². The number of amides is 2. The van der Waals surface area contributed by atoms with E-state index in [0.29, 0.717) is 43.7 Å². The van der Waals surface area contributed by atoms with E-state index in [9.17, 15) is 14.0 Å². The number of nitrogens with zero attached hydrogens (tertiary/aromatic N) is 3. The SMILES string of the molecule is CC[C@H]1CN(C(=O)c2cc(N3CCCC3=O)ccc2F)C[C@@H]1N(C)C. The third-order valence-corrected chi connectivity index (χ3v) is 5.45. The van der Waals surface area contributed by atoms with Gasteiger partial charge in [-0.05, 0) is 44.6 Å². The van der Waals surface area contributed by atoms with Gasteiger partial charge in [0, 0.05) is 37.8 Å². The van der Waals surface area contributed by atoms with Crippen molar-refractivity contribution in [1.29, 1.82) is 0 Å². The zero-order valence-corrected chi connectivity index (χ0v) is 15.2. The molecular weight excluding hydrogens is 321 g/mol. The van der Waals surface area contributed by atoms with Gasteiger partial charge in [-0.2, -0.15) is 0 Å². The van der Waals surface area contributed by atoms with Crippen LogP contribution >= 0.6 is 0 Å². The van der Waals surface area contributed by atoms with Crippen LogP contribution < -0.4 is 4.90 Å². The first-order chi connectivity index (χ1) is 11.9. The van der Waals surface area contributed by atoms with E-state index in [0.717, 1.165) is 12.8 Å². The number of benzene rings is 1. The molecule has 25 heavy (non-hydrogen) atoms. The van der Waals surface area contributed by atoms with Crippen LogP contribution in [0.5, 0.6) is 0 Å². The molecule has 0 unspecified atom stereocenters. The highest BCUT2D eigenvalue weighted by molar-refractivity contribution is 5.99. The van der Waals surface area contributed by atoms with Crippen molar-refractivity contribution in [3.8, 4) is 0 Å². The molecule has 6 heteroatoms. The van der Waals surface area contributed by atoms with Gasteiger partial charge in [0.2, 0.25) is 5.91 Å². The van der Waals surface area contributed by atoms with Gasteiger partial charge < -0.3 is 14.7 Å². The minimum absolute atomic E-state index is 0.0323. The Labute approximate surface area is 148 Å². The van der Waals surface area contributed by atoms with E-state index in [4.69, 9.17) is 0 Å². The third-order valence-electron chi connectivity index (χ3n) is 5.45. The number of hydrogen-bond acceptors (Lipinski definition) is 3. The highest BCUT2D eigenvalue weighted by Gasteiger charge is 2.36. The summed E-state index contributed by atoms with van der Waals surface area (Å²) >= 11 is 0. The van der Waals surface area contributed by atoms with Gasteiger partial charge in [0.15, 0.2) is 0 Å². The van der Waals surface area contributed by atoms with Crippen molar-refractivity contribution in [3.63, 3.8) is 0 Å². The Bertz CT molecular complexity index is 677. The summed E-state index contributed by atoms with van der Waals surface area (Å²) < 4.78 is 14.3. The van der Waals surface area contributed by atoms with Gasteiger partial charge in [-0.15, -0.1) is 0 Å². The number of carbonyl (C=O) groups excluding carboxylic acids is 2. The molecule has 3 rings (SSSR count). The zero-order valence-electron chi connectivity index (χ0n) is 15.2. The van der Waals surface area contributed by atoms with Gasteiger partial charge in [-0.3, -0.25) is 9.59 Å². The fourth-order valence-corrected chi connectivity index (χ4v) is 3.94. The van der Waals surface area contributed by atoms with Crippen molar-refractivity contribution in [2.45, 2.75) is 32.2 Å². The maximum absolute atomic E-state index is 14.3. The van der Waals surface area contributed by atoms with Gasteiger partial charge in [0.25, 0.3) is 5.91 Å². The molecule has 0 saturated carbocycles. The number of rotatable bonds is 4. The number of carbonyl (C=O) groups is 2. The molecule has 5 nitrogen and oxygen atoms in total. The lowest BCUT2D eigenvalue weighted by Gasteiger charge is -2.24. The molecular formula is C19H26FN3O2. The van der Waals surface area contributed by atoms with Crippen LogP contribution in [-0.2, 0) is 4.79 Å². The van der Waals surface area contributed by atoms with Gasteiger partial charge in [-0.1, -0.05) is 13.3 Å². The summed E-state index contributed by atoms with van der Waals surface area (Å²) in [5.74, 6) is -0.384. The Hall–Kier alpha value is -1.95. The van der Waals surface area contributed by atoms with Gasteiger partial charge >= 0.3 is 0 Å². The summed E-state index contributed by atoms with van der Waals surface area (Å²) in [5, 5.41) is 0. The first kappa shape index (κ1) is 17.9. The summed E-state index contributed by atoms with van der Waals surface area (Å²) in [6, 6.07) is 4.70. The molecule has 0 bridgehead atoms. The minimum Gasteiger partial charge on any atom is -0.337 e. The van der Waals surface area contributed by atoms with E-state index in [-0.39, 0.29) is 17.4 Å². The van der Waals surface area contributed by atoms with E-state index in [2.05, 4.69) is 11.8 Å². The zero-order chi connectivity index (χ0) is 18.1. The number of halogens is 1. The standard InChI is InChI=1S/C19H26FN3O2/c1-4-13-11-22(12-17(13)21(2)3)19(25)15-10-14(7-8-16(15)20)23-9-5-6-18(23)24/h7-8,10,13,17H,4-6,9,11-12H2,1-3H3/t13-,17-/m0/s1. The Morgan fingerprint density at radius 1 is 1.32 bits per heavy atom. The van der Waals surface area contributed by atoms with Crippen LogP contribution in [0.3, 0.4) is 0 Å². The molecule has 2 fully saturated rings. The quantitative estimate of drug-likeness (QED) is 0.840. The normalized spacial score (nSPS) is 23.8. The molecule has 2 amide bonds. The van der Waals surface area contributed by atoms with Crippen molar-refractivity contribution >= 4 is 17.5 Å². The average molecular weight is 347 g/mol. The van der Waals surface area contributed by atoms with Crippen LogP contribution in [0.2, 0.25) is 0 Å².